The summed E-state index contributed by atoms with van der Waals surface area (Å²) in [6, 6.07) is 11.0. The first-order valence-corrected chi connectivity index (χ1v) is 10.8. The van der Waals surface area contributed by atoms with E-state index in [0.29, 0.717) is 5.56 Å². The SMILES string of the molecule is CC(C)(C)c1ccc(S(=O)(=O)NCCC(=O)NCc2ccc(C(F)(F)F)cc2)cc1. The second kappa shape index (κ2) is 9.18. The van der Waals surface area contributed by atoms with Gasteiger partial charge in [0.15, 0.2) is 0 Å². The van der Waals surface area contributed by atoms with Gasteiger partial charge in [-0.1, -0.05) is 45.0 Å². The number of hydrogen-bond donors (Lipinski definition) is 2. The van der Waals surface area contributed by atoms with Crippen LogP contribution in [0, 0.1) is 0 Å². The van der Waals surface area contributed by atoms with Crippen molar-refractivity contribution in [2.45, 2.75) is 50.2 Å². The van der Waals surface area contributed by atoms with Crippen LogP contribution in [-0.2, 0) is 33.0 Å². The number of nitrogens with one attached hydrogen (secondary N) is 2. The van der Waals surface area contributed by atoms with Gasteiger partial charge in [-0.3, -0.25) is 4.79 Å². The highest BCUT2D eigenvalue weighted by atomic mass is 32.2. The summed E-state index contributed by atoms with van der Waals surface area (Å²) in [5, 5.41) is 2.55. The maximum atomic E-state index is 12.5. The van der Waals surface area contributed by atoms with E-state index in [-0.39, 0.29) is 29.8 Å². The molecule has 2 aromatic carbocycles. The molecule has 0 bridgehead atoms. The highest BCUT2D eigenvalue weighted by molar-refractivity contribution is 7.89. The van der Waals surface area contributed by atoms with Gasteiger partial charge in [0, 0.05) is 19.5 Å². The van der Waals surface area contributed by atoms with Crippen molar-refractivity contribution in [1.82, 2.24) is 10.0 Å². The minimum Gasteiger partial charge on any atom is -0.352 e. The first kappa shape index (κ1) is 23.9. The molecule has 0 fully saturated rings. The smallest absolute Gasteiger partial charge is 0.352 e. The topological polar surface area (TPSA) is 75.3 Å². The minimum absolute atomic E-state index is 0.0536. The molecule has 2 aromatic rings. The molecule has 0 radical (unpaired) electrons. The van der Waals surface area contributed by atoms with Crippen molar-refractivity contribution in [3.05, 3.63) is 65.2 Å². The van der Waals surface area contributed by atoms with Crippen molar-refractivity contribution in [3.8, 4) is 0 Å². The zero-order valence-corrected chi connectivity index (χ0v) is 17.8. The predicted octanol–water partition coefficient (Wildman–Crippen LogP) is 3.99. The number of sulfonamides is 1. The van der Waals surface area contributed by atoms with E-state index in [1.165, 1.54) is 24.3 Å². The lowest BCUT2D eigenvalue weighted by molar-refractivity contribution is -0.137. The largest absolute Gasteiger partial charge is 0.416 e. The predicted molar refractivity (Wildman–Crippen MR) is 108 cm³/mol. The van der Waals surface area contributed by atoms with Crippen LogP contribution in [0.3, 0.4) is 0 Å². The van der Waals surface area contributed by atoms with E-state index in [2.05, 4.69) is 10.0 Å². The average molecular weight is 443 g/mol. The molecule has 0 saturated carbocycles. The molecule has 0 spiro atoms. The monoisotopic (exact) mass is 442 g/mol. The fourth-order valence-electron chi connectivity index (χ4n) is 2.62. The summed E-state index contributed by atoms with van der Waals surface area (Å²) >= 11 is 0. The van der Waals surface area contributed by atoms with Gasteiger partial charge in [0.2, 0.25) is 15.9 Å². The van der Waals surface area contributed by atoms with E-state index in [1.54, 1.807) is 12.1 Å². The molecule has 164 valence electrons. The Bertz CT molecular complexity index is 963. The second-order valence-electron chi connectivity index (χ2n) is 7.89. The van der Waals surface area contributed by atoms with Crippen LogP contribution in [0.4, 0.5) is 13.2 Å². The van der Waals surface area contributed by atoms with Gasteiger partial charge in [-0.25, -0.2) is 13.1 Å². The summed E-state index contributed by atoms with van der Waals surface area (Å²) in [5.74, 6) is -0.416. The molecular formula is C21H25F3N2O3S. The van der Waals surface area contributed by atoms with E-state index in [4.69, 9.17) is 0 Å². The third kappa shape index (κ3) is 6.84. The molecule has 0 aliphatic carbocycles. The van der Waals surface area contributed by atoms with E-state index >= 15 is 0 Å². The molecule has 0 heterocycles. The molecule has 9 heteroatoms. The Morgan fingerprint density at radius 3 is 1.93 bits per heavy atom. The molecule has 1 amide bonds. The van der Waals surface area contributed by atoms with Crippen LogP contribution in [0.5, 0.6) is 0 Å². The molecule has 2 rings (SSSR count). The number of halogens is 3. The maximum absolute atomic E-state index is 12.5. The highest BCUT2D eigenvalue weighted by Gasteiger charge is 2.29. The zero-order valence-electron chi connectivity index (χ0n) is 17.0. The lowest BCUT2D eigenvalue weighted by atomic mass is 9.87. The molecular weight excluding hydrogens is 417 g/mol. The van der Waals surface area contributed by atoms with Crippen molar-refractivity contribution in [3.63, 3.8) is 0 Å². The number of alkyl halides is 3. The summed E-state index contributed by atoms with van der Waals surface area (Å²) in [4.78, 5) is 12.0. The molecule has 0 aliphatic heterocycles. The van der Waals surface area contributed by atoms with Gasteiger partial charge in [-0.05, 0) is 40.8 Å². The third-order valence-corrected chi connectivity index (χ3v) is 5.92. The van der Waals surface area contributed by atoms with Crippen LogP contribution in [0.1, 0.15) is 43.9 Å². The number of benzene rings is 2. The Kier molecular flexibility index (Phi) is 7.31. The van der Waals surface area contributed by atoms with E-state index < -0.39 is 27.7 Å². The quantitative estimate of drug-likeness (QED) is 0.681. The summed E-state index contributed by atoms with van der Waals surface area (Å²) in [6.45, 7) is 6.04. The van der Waals surface area contributed by atoms with Crippen molar-refractivity contribution in [1.29, 1.82) is 0 Å². The van der Waals surface area contributed by atoms with Crippen LogP contribution >= 0.6 is 0 Å². The standard InChI is InChI=1S/C21H25F3N2O3S/c1-20(2,3)16-8-10-18(11-9-16)30(28,29)26-13-12-19(27)25-14-15-4-6-17(7-5-15)21(22,23)24/h4-11,26H,12-14H2,1-3H3,(H,25,27). The summed E-state index contributed by atoms with van der Waals surface area (Å²) in [7, 11) is -3.74. The van der Waals surface area contributed by atoms with Crippen LogP contribution in [0.15, 0.2) is 53.4 Å². The second-order valence-corrected chi connectivity index (χ2v) is 9.66. The first-order valence-electron chi connectivity index (χ1n) is 9.32. The number of carbonyl (C=O) groups excluding carboxylic acids is 1. The van der Waals surface area contributed by atoms with Gasteiger partial charge >= 0.3 is 6.18 Å². The van der Waals surface area contributed by atoms with E-state index in [0.717, 1.165) is 17.7 Å². The Hall–Kier alpha value is -2.39. The molecule has 0 aromatic heterocycles. The normalized spacial score (nSPS) is 12.6. The molecule has 2 N–H and O–H groups in total. The average Bonchev–Trinajstić information content (AvgIpc) is 2.65. The van der Waals surface area contributed by atoms with Crippen LogP contribution < -0.4 is 10.0 Å². The van der Waals surface area contributed by atoms with Gasteiger partial charge in [0.25, 0.3) is 0 Å². The maximum Gasteiger partial charge on any atom is 0.416 e. The van der Waals surface area contributed by atoms with E-state index in [1.807, 2.05) is 20.8 Å². The van der Waals surface area contributed by atoms with Crippen molar-refractivity contribution in [2.75, 3.05) is 6.54 Å². The number of carbonyl (C=O) groups is 1. The molecule has 30 heavy (non-hydrogen) atoms. The lowest BCUT2D eigenvalue weighted by Gasteiger charge is -2.19. The van der Waals surface area contributed by atoms with Gasteiger partial charge in [-0.2, -0.15) is 13.2 Å². The van der Waals surface area contributed by atoms with Crippen molar-refractivity contribution in [2.24, 2.45) is 0 Å². The molecule has 0 aliphatic rings. The Morgan fingerprint density at radius 1 is 0.900 bits per heavy atom. The minimum atomic E-state index is -4.41. The number of amides is 1. The number of hydrogen-bond acceptors (Lipinski definition) is 3. The van der Waals surface area contributed by atoms with Gasteiger partial charge < -0.3 is 5.32 Å². The first-order chi connectivity index (χ1) is 13.8. The van der Waals surface area contributed by atoms with Crippen molar-refractivity contribution >= 4 is 15.9 Å². The summed E-state index contributed by atoms with van der Waals surface area (Å²) in [6.07, 6.45) is -4.51. The third-order valence-electron chi connectivity index (χ3n) is 4.45. The van der Waals surface area contributed by atoms with Crippen LogP contribution in [-0.4, -0.2) is 20.9 Å². The van der Waals surface area contributed by atoms with Crippen LogP contribution in [0.25, 0.3) is 0 Å². The summed E-state index contributed by atoms with van der Waals surface area (Å²) < 4.78 is 64.7. The van der Waals surface area contributed by atoms with Crippen molar-refractivity contribution < 1.29 is 26.4 Å². The molecule has 0 atom stereocenters. The Balaban J connectivity index is 1.82. The summed E-state index contributed by atoms with van der Waals surface area (Å²) in [5.41, 5.74) is 0.656. The molecule has 5 nitrogen and oxygen atoms in total. The Morgan fingerprint density at radius 2 is 1.43 bits per heavy atom. The molecule has 0 saturated heterocycles. The van der Waals surface area contributed by atoms with Gasteiger partial charge in [-0.15, -0.1) is 0 Å². The highest BCUT2D eigenvalue weighted by Crippen LogP contribution is 2.29. The number of rotatable bonds is 7. The van der Waals surface area contributed by atoms with Crippen LogP contribution in [0.2, 0.25) is 0 Å². The van der Waals surface area contributed by atoms with Gasteiger partial charge in [0.05, 0.1) is 10.5 Å². The molecule has 0 unspecified atom stereocenters. The zero-order chi connectivity index (χ0) is 22.6. The van der Waals surface area contributed by atoms with E-state index in [9.17, 15) is 26.4 Å². The van der Waals surface area contributed by atoms with Gasteiger partial charge in [0.1, 0.15) is 0 Å². The fraction of sp³-hybridized carbons (Fsp3) is 0.381. The lowest BCUT2D eigenvalue weighted by Crippen LogP contribution is -2.30. The Labute approximate surface area is 174 Å². The fourth-order valence-corrected chi connectivity index (χ4v) is 3.65.